The van der Waals surface area contributed by atoms with Crippen LogP contribution in [0.15, 0.2) is 17.5 Å². The van der Waals surface area contributed by atoms with Crippen molar-refractivity contribution in [2.45, 2.75) is 38.8 Å². The number of rotatable bonds is 6. The zero-order valence-electron chi connectivity index (χ0n) is 11.0. The number of hydrogen-bond acceptors (Lipinski definition) is 4. The molecule has 4 heteroatoms. The summed E-state index contributed by atoms with van der Waals surface area (Å²) in [6, 6.07) is 4.86. The van der Waals surface area contributed by atoms with Crippen LogP contribution in [0.3, 0.4) is 0 Å². The fourth-order valence-corrected chi connectivity index (χ4v) is 2.59. The first-order chi connectivity index (χ1) is 8.04. The van der Waals surface area contributed by atoms with Gasteiger partial charge in [-0.05, 0) is 38.8 Å². The molecule has 0 bridgehead atoms. The molecule has 17 heavy (non-hydrogen) atoms. The minimum absolute atomic E-state index is 0.146. The van der Waals surface area contributed by atoms with Crippen molar-refractivity contribution >= 4 is 17.3 Å². The highest BCUT2D eigenvalue weighted by Gasteiger charge is 2.19. The van der Waals surface area contributed by atoms with E-state index in [0.717, 1.165) is 6.42 Å². The van der Waals surface area contributed by atoms with Crippen LogP contribution in [0.5, 0.6) is 0 Å². The van der Waals surface area contributed by atoms with Crippen LogP contribution in [-0.4, -0.2) is 37.1 Å². The van der Waals surface area contributed by atoms with Gasteiger partial charge < -0.3 is 9.64 Å². The van der Waals surface area contributed by atoms with E-state index in [1.807, 2.05) is 0 Å². The summed E-state index contributed by atoms with van der Waals surface area (Å²) in [5.41, 5.74) is 0. The van der Waals surface area contributed by atoms with Crippen molar-refractivity contribution in [3.8, 4) is 0 Å². The van der Waals surface area contributed by atoms with Gasteiger partial charge in [0.1, 0.15) is 0 Å². The minimum Gasteiger partial charge on any atom is -0.469 e. The molecule has 1 aromatic rings. The Morgan fingerprint density at radius 3 is 2.71 bits per heavy atom. The minimum atomic E-state index is -0.146. The van der Waals surface area contributed by atoms with Gasteiger partial charge in [-0.1, -0.05) is 6.07 Å². The van der Waals surface area contributed by atoms with Gasteiger partial charge in [0, 0.05) is 17.0 Å². The van der Waals surface area contributed by atoms with Gasteiger partial charge in [0.15, 0.2) is 0 Å². The van der Waals surface area contributed by atoms with Crippen LogP contribution in [0.1, 0.15) is 25.1 Å². The lowest BCUT2D eigenvalue weighted by molar-refractivity contribution is -0.141. The normalized spacial score (nSPS) is 14.6. The summed E-state index contributed by atoms with van der Waals surface area (Å²) in [6.45, 7) is 4.25. The monoisotopic (exact) mass is 255 g/mol. The molecule has 2 unspecified atom stereocenters. The third-order valence-electron chi connectivity index (χ3n) is 3.16. The van der Waals surface area contributed by atoms with E-state index in [2.05, 4.69) is 43.3 Å². The number of methoxy groups -OCH3 is 1. The van der Waals surface area contributed by atoms with Gasteiger partial charge in [0.05, 0.1) is 13.5 Å². The molecule has 3 nitrogen and oxygen atoms in total. The van der Waals surface area contributed by atoms with Crippen LogP contribution in [0.25, 0.3) is 0 Å². The van der Waals surface area contributed by atoms with Gasteiger partial charge in [0.2, 0.25) is 0 Å². The molecule has 0 aliphatic carbocycles. The lowest BCUT2D eigenvalue weighted by Crippen LogP contribution is -2.39. The highest BCUT2D eigenvalue weighted by Crippen LogP contribution is 2.15. The van der Waals surface area contributed by atoms with Crippen LogP contribution < -0.4 is 0 Å². The van der Waals surface area contributed by atoms with E-state index < -0.39 is 0 Å². The first-order valence-corrected chi connectivity index (χ1v) is 6.73. The Morgan fingerprint density at radius 1 is 1.47 bits per heavy atom. The molecule has 96 valence electrons. The molecule has 0 amide bonds. The van der Waals surface area contributed by atoms with E-state index in [1.165, 1.54) is 12.0 Å². The van der Waals surface area contributed by atoms with Crippen molar-refractivity contribution in [1.82, 2.24) is 4.90 Å². The van der Waals surface area contributed by atoms with Gasteiger partial charge in [-0.3, -0.25) is 4.79 Å². The summed E-state index contributed by atoms with van der Waals surface area (Å²) in [5.74, 6) is -0.146. The molecule has 1 aromatic heterocycles. The maximum Gasteiger partial charge on any atom is 0.307 e. The standard InChI is InChI=1S/C13H21NO2S/c1-10(8-12-6-5-7-17-12)14(3)11(2)9-13(15)16-4/h5-7,10-11H,8-9H2,1-4H3. The van der Waals surface area contributed by atoms with E-state index in [1.54, 1.807) is 11.3 Å². The van der Waals surface area contributed by atoms with Crippen LogP contribution in [-0.2, 0) is 16.0 Å². The number of thiophene rings is 1. The van der Waals surface area contributed by atoms with Crippen molar-refractivity contribution in [1.29, 1.82) is 0 Å². The second-order valence-corrected chi connectivity index (χ2v) is 5.46. The van der Waals surface area contributed by atoms with Crippen molar-refractivity contribution in [2.75, 3.05) is 14.2 Å². The Bertz CT molecular complexity index is 337. The van der Waals surface area contributed by atoms with Gasteiger partial charge >= 0.3 is 5.97 Å². The lowest BCUT2D eigenvalue weighted by atomic mass is 10.1. The number of likely N-dealkylation sites (N-methyl/N-ethyl adjacent to an activating group) is 1. The molecule has 0 fully saturated rings. The average molecular weight is 255 g/mol. The molecule has 0 N–H and O–H groups in total. The molecule has 0 aliphatic heterocycles. The Kier molecular flexibility index (Phi) is 5.65. The van der Waals surface area contributed by atoms with Crippen LogP contribution in [0, 0.1) is 0 Å². The molecular weight excluding hydrogens is 234 g/mol. The zero-order chi connectivity index (χ0) is 12.8. The topological polar surface area (TPSA) is 29.5 Å². The van der Waals surface area contributed by atoms with Crippen molar-refractivity contribution < 1.29 is 9.53 Å². The van der Waals surface area contributed by atoms with Gasteiger partial charge in [0.25, 0.3) is 0 Å². The number of carbonyl (C=O) groups is 1. The van der Waals surface area contributed by atoms with Gasteiger partial charge in [-0.25, -0.2) is 0 Å². The molecule has 2 atom stereocenters. The highest BCUT2D eigenvalue weighted by molar-refractivity contribution is 7.09. The third-order valence-corrected chi connectivity index (χ3v) is 4.06. The summed E-state index contributed by atoms with van der Waals surface area (Å²) < 4.78 is 4.69. The number of nitrogens with zero attached hydrogens (tertiary/aromatic N) is 1. The van der Waals surface area contributed by atoms with Gasteiger partial charge in [-0.2, -0.15) is 0 Å². The molecule has 0 radical (unpaired) electrons. The van der Waals surface area contributed by atoms with Gasteiger partial charge in [-0.15, -0.1) is 11.3 Å². The van der Waals surface area contributed by atoms with Crippen molar-refractivity contribution in [3.63, 3.8) is 0 Å². The lowest BCUT2D eigenvalue weighted by Gasteiger charge is -2.30. The van der Waals surface area contributed by atoms with E-state index in [-0.39, 0.29) is 12.0 Å². The molecule has 0 spiro atoms. The second kappa shape index (κ2) is 6.77. The van der Waals surface area contributed by atoms with E-state index in [4.69, 9.17) is 4.74 Å². The van der Waals surface area contributed by atoms with Crippen LogP contribution >= 0.6 is 11.3 Å². The maximum absolute atomic E-state index is 11.2. The summed E-state index contributed by atoms with van der Waals surface area (Å²) in [7, 11) is 3.50. The number of carbonyl (C=O) groups excluding carboxylic acids is 1. The summed E-state index contributed by atoms with van der Waals surface area (Å²) in [4.78, 5) is 14.8. The Hall–Kier alpha value is -0.870. The fourth-order valence-electron chi connectivity index (χ4n) is 1.77. The van der Waals surface area contributed by atoms with Crippen molar-refractivity contribution in [3.05, 3.63) is 22.4 Å². The Labute approximate surface area is 107 Å². The number of esters is 1. The summed E-state index contributed by atoms with van der Waals surface area (Å²) in [6.07, 6.45) is 1.47. The average Bonchev–Trinajstić information content (AvgIpc) is 2.80. The zero-order valence-corrected chi connectivity index (χ0v) is 11.8. The highest BCUT2D eigenvalue weighted by atomic mass is 32.1. The molecule has 0 aliphatic rings. The second-order valence-electron chi connectivity index (χ2n) is 4.43. The van der Waals surface area contributed by atoms with E-state index in [9.17, 15) is 4.79 Å². The summed E-state index contributed by atoms with van der Waals surface area (Å²) >= 11 is 1.78. The SMILES string of the molecule is COC(=O)CC(C)N(C)C(C)Cc1cccs1. The summed E-state index contributed by atoms with van der Waals surface area (Å²) in [5, 5.41) is 2.10. The predicted octanol–water partition coefficient (Wildman–Crippen LogP) is 2.56. The van der Waals surface area contributed by atoms with Crippen LogP contribution in [0.2, 0.25) is 0 Å². The number of ether oxygens (including phenoxy) is 1. The smallest absolute Gasteiger partial charge is 0.307 e. The Morgan fingerprint density at radius 2 is 2.18 bits per heavy atom. The van der Waals surface area contributed by atoms with E-state index in [0.29, 0.717) is 12.5 Å². The Balaban J connectivity index is 2.45. The molecule has 0 aromatic carbocycles. The molecule has 0 saturated carbocycles. The maximum atomic E-state index is 11.2. The predicted molar refractivity (Wildman–Crippen MR) is 71.3 cm³/mol. The number of hydrogen-bond donors (Lipinski definition) is 0. The first kappa shape index (κ1) is 14.2. The molecule has 1 rings (SSSR count). The largest absolute Gasteiger partial charge is 0.469 e. The fraction of sp³-hybridized carbons (Fsp3) is 0.615. The quantitative estimate of drug-likeness (QED) is 0.732. The first-order valence-electron chi connectivity index (χ1n) is 5.85. The van der Waals surface area contributed by atoms with Crippen LogP contribution in [0.4, 0.5) is 0 Å². The molecule has 0 saturated heterocycles. The van der Waals surface area contributed by atoms with Crippen molar-refractivity contribution in [2.24, 2.45) is 0 Å². The molecular formula is C13H21NO2S. The van der Waals surface area contributed by atoms with E-state index >= 15 is 0 Å². The molecule has 1 heterocycles. The third kappa shape index (κ3) is 4.48.